The first-order chi connectivity index (χ1) is 10.0. The second-order valence-corrected chi connectivity index (χ2v) is 4.14. The summed E-state index contributed by atoms with van der Waals surface area (Å²) in [6.45, 7) is 5.47. The van der Waals surface area contributed by atoms with Gasteiger partial charge < -0.3 is 10.5 Å². The van der Waals surface area contributed by atoms with E-state index < -0.39 is 0 Å². The third kappa shape index (κ3) is 4.45. The maximum atomic E-state index is 13.5. The van der Waals surface area contributed by atoms with E-state index in [1.807, 2.05) is 6.92 Å². The van der Waals surface area contributed by atoms with Gasteiger partial charge in [-0.25, -0.2) is 9.07 Å². The molecule has 0 aliphatic carbocycles. The minimum Gasteiger partial charge on any atom is -0.480 e. The molecule has 0 atom stereocenters. The molecule has 6 heteroatoms. The average molecular weight is 290 g/mol. The fraction of sp³-hybridized carbons (Fsp3) is 0.200. The summed E-state index contributed by atoms with van der Waals surface area (Å²) in [7, 11) is 1.38. The number of nitrogens with zero attached hydrogens (tertiary/aromatic N) is 2. The summed E-state index contributed by atoms with van der Waals surface area (Å²) >= 11 is 0. The van der Waals surface area contributed by atoms with Gasteiger partial charge in [-0.05, 0) is 13.0 Å². The lowest BCUT2D eigenvalue weighted by atomic mass is 10.2. The number of hydrogen-bond donors (Lipinski definition) is 2. The number of nitrogens with two attached hydrogens (primary N) is 1. The second kappa shape index (κ2) is 7.84. The van der Waals surface area contributed by atoms with E-state index in [2.05, 4.69) is 11.7 Å². The van der Waals surface area contributed by atoms with E-state index in [0.717, 1.165) is 0 Å². The zero-order valence-electron chi connectivity index (χ0n) is 12.1. The number of nitrogens with one attached hydrogen (secondary N) is 1. The monoisotopic (exact) mass is 290 g/mol. The highest BCUT2D eigenvalue weighted by Gasteiger charge is 2.11. The van der Waals surface area contributed by atoms with E-state index in [-0.39, 0.29) is 18.3 Å². The van der Waals surface area contributed by atoms with Crippen molar-refractivity contribution in [2.24, 2.45) is 0 Å². The molecular formula is C15H19FN4O. The van der Waals surface area contributed by atoms with E-state index >= 15 is 0 Å². The molecular weight excluding hydrogens is 271 g/mol. The molecule has 0 fully saturated rings. The Morgan fingerprint density at radius 2 is 2.14 bits per heavy atom. The highest BCUT2D eigenvalue weighted by molar-refractivity contribution is 5.90. The first-order valence-electron chi connectivity index (χ1n) is 6.30. The van der Waals surface area contributed by atoms with E-state index in [4.69, 9.17) is 15.9 Å². The van der Waals surface area contributed by atoms with Crippen molar-refractivity contribution in [2.45, 2.75) is 13.5 Å². The summed E-state index contributed by atoms with van der Waals surface area (Å²) in [5.74, 6) is -0.0280. The van der Waals surface area contributed by atoms with Crippen LogP contribution in [0.1, 0.15) is 18.2 Å². The first kappa shape index (κ1) is 16.4. The molecule has 1 aromatic heterocycles. The zero-order valence-corrected chi connectivity index (χ0v) is 12.1. The Bertz CT molecular complexity index is 622. The lowest BCUT2D eigenvalue weighted by molar-refractivity contribution is 0.399. The molecule has 0 amide bonds. The molecule has 5 nitrogen and oxygen atoms in total. The lowest BCUT2D eigenvalue weighted by Gasteiger charge is -2.05. The number of aromatic nitrogens is 2. The van der Waals surface area contributed by atoms with Crippen molar-refractivity contribution in [1.29, 1.82) is 5.41 Å². The van der Waals surface area contributed by atoms with E-state index in [1.165, 1.54) is 23.9 Å². The van der Waals surface area contributed by atoms with Crippen LogP contribution in [-0.2, 0) is 11.3 Å². The fourth-order valence-corrected chi connectivity index (χ4v) is 1.56. The Kier molecular flexibility index (Phi) is 6.13. The van der Waals surface area contributed by atoms with Gasteiger partial charge in [0.05, 0.1) is 13.7 Å². The largest absolute Gasteiger partial charge is 0.480 e. The van der Waals surface area contributed by atoms with Gasteiger partial charge in [0.25, 0.3) is 0 Å². The van der Waals surface area contributed by atoms with E-state index in [1.54, 1.807) is 24.3 Å². The van der Waals surface area contributed by atoms with Crippen LogP contribution in [0.3, 0.4) is 0 Å². The van der Waals surface area contributed by atoms with Crippen molar-refractivity contribution < 1.29 is 9.13 Å². The number of methoxy groups -OCH3 is 1. The molecule has 0 saturated carbocycles. The fourth-order valence-electron chi connectivity index (χ4n) is 1.56. The van der Waals surface area contributed by atoms with Gasteiger partial charge in [0, 0.05) is 11.6 Å². The van der Waals surface area contributed by atoms with Crippen LogP contribution in [0.25, 0.3) is 0 Å². The molecule has 2 aromatic rings. The van der Waals surface area contributed by atoms with Crippen LogP contribution in [0, 0.1) is 11.2 Å². The van der Waals surface area contributed by atoms with Crippen LogP contribution in [0.15, 0.2) is 43.0 Å². The number of ether oxygens (including phenoxy) is 1. The number of halogens is 1. The second-order valence-electron chi connectivity index (χ2n) is 4.14. The third-order valence-electron chi connectivity index (χ3n) is 2.53. The molecule has 0 unspecified atom stereocenters. The Morgan fingerprint density at radius 1 is 1.52 bits per heavy atom. The van der Waals surface area contributed by atoms with Crippen molar-refractivity contribution >= 4 is 11.7 Å². The Morgan fingerprint density at radius 3 is 2.71 bits per heavy atom. The van der Waals surface area contributed by atoms with Gasteiger partial charge in [-0.3, -0.25) is 5.41 Å². The molecule has 21 heavy (non-hydrogen) atoms. The van der Waals surface area contributed by atoms with Crippen LogP contribution in [0.2, 0.25) is 0 Å². The van der Waals surface area contributed by atoms with Crippen LogP contribution in [-0.4, -0.2) is 22.8 Å². The number of benzene rings is 1. The predicted octanol–water partition coefficient (Wildman–Crippen LogP) is 2.82. The van der Waals surface area contributed by atoms with E-state index in [9.17, 15) is 4.39 Å². The molecule has 112 valence electrons. The van der Waals surface area contributed by atoms with Crippen LogP contribution in [0.5, 0.6) is 0 Å². The van der Waals surface area contributed by atoms with Crippen molar-refractivity contribution in [3.05, 3.63) is 60.1 Å². The Labute approximate surface area is 123 Å². The summed E-state index contributed by atoms with van der Waals surface area (Å²) in [6, 6.07) is 7.94. The Balaban J connectivity index is 0.000000677. The number of nitrogen functional groups attached to an aromatic ring is 1. The van der Waals surface area contributed by atoms with Crippen molar-refractivity contribution in [1.82, 2.24) is 9.78 Å². The Hall–Kier alpha value is -2.63. The number of hydrogen-bond acceptors (Lipinski definition) is 4. The van der Waals surface area contributed by atoms with Gasteiger partial charge in [-0.2, -0.15) is 5.10 Å². The quantitative estimate of drug-likeness (QED) is 0.518. The SMILES string of the molecule is C=CC.COC(=N)c1cc(N)n(Cc2ccccc2F)n1. The van der Waals surface area contributed by atoms with E-state index in [0.29, 0.717) is 17.1 Å². The van der Waals surface area contributed by atoms with Gasteiger partial charge >= 0.3 is 0 Å². The van der Waals surface area contributed by atoms with Gasteiger partial charge in [-0.15, -0.1) is 6.58 Å². The van der Waals surface area contributed by atoms with Crippen LogP contribution in [0.4, 0.5) is 10.2 Å². The summed E-state index contributed by atoms with van der Waals surface area (Å²) in [5.41, 5.74) is 6.57. The highest BCUT2D eigenvalue weighted by Crippen LogP contribution is 2.13. The van der Waals surface area contributed by atoms with Crippen molar-refractivity contribution in [2.75, 3.05) is 12.8 Å². The molecule has 2 rings (SSSR count). The van der Waals surface area contributed by atoms with Crippen molar-refractivity contribution in [3.8, 4) is 0 Å². The van der Waals surface area contributed by atoms with Gasteiger partial charge in [0.15, 0.2) is 0 Å². The molecule has 3 N–H and O–H groups in total. The summed E-state index contributed by atoms with van der Waals surface area (Å²) < 4.78 is 19.7. The molecule has 1 aromatic carbocycles. The standard InChI is InChI=1S/C12H13FN4O.C3H6/c1-18-12(15)10-6-11(14)17(16-10)7-8-4-2-3-5-9(8)13;1-3-2/h2-6,15H,7,14H2,1H3;3H,1H2,2H3. The number of rotatable bonds is 3. The predicted molar refractivity (Wildman–Crippen MR) is 81.9 cm³/mol. The average Bonchev–Trinajstić information content (AvgIpc) is 2.83. The topological polar surface area (TPSA) is 76.9 Å². The highest BCUT2D eigenvalue weighted by atomic mass is 19.1. The zero-order chi connectivity index (χ0) is 15.8. The third-order valence-corrected chi connectivity index (χ3v) is 2.53. The molecule has 0 radical (unpaired) electrons. The molecule has 1 heterocycles. The molecule has 0 spiro atoms. The molecule has 0 aliphatic heterocycles. The number of anilines is 1. The van der Waals surface area contributed by atoms with Gasteiger partial charge in [0.1, 0.15) is 17.3 Å². The first-order valence-corrected chi connectivity index (χ1v) is 6.30. The van der Waals surface area contributed by atoms with Gasteiger partial charge in [-0.1, -0.05) is 24.3 Å². The summed E-state index contributed by atoms with van der Waals surface area (Å²) in [5, 5.41) is 11.6. The maximum absolute atomic E-state index is 13.5. The molecule has 0 saturated heterocycles. The maximum Gasteiger partial charge on any atom is 0.234 e. The van der Waals surface area contributed by atoms with Crippen molar-refractivity contribution in [3.63, 3.8) is 0 Å². The van der Waals surface area contributed by atoms with Crippen LogP contribution >= 0.6 is 0 Å². The normalized spacial score (nSPS) is 9.48. The van der Waals surface area contributed by atoms with Crippen LogP contribution < -0.4 is 5.73 Å². The number of allylic oxidation sites excluding steroid dienone is 1. The summed E-state index contributed by atoms with van der Waals surface area (Å²) in [6.07, 6.45) is 1.75. The molecule has 0 aliphatic rings. The lowest BCUT2D eigenvalue weighted by Crippen LogP contribution is -2.09. The summed E-state index contributed by atoms with van der Waals surface area (Å²) in [4.78, 5) is 0. The van der Waals surface area contributed by atoms with Gasteiger partial charge in [0.2, 0.25) is 5.90 Å². The minimum absolute atomic E-state index is 0.0750. The minimum atomic E-state index is -0.309. The molecule has 0 bridgehead atoms. The smallest absolute Gasteiger partial charge is 0.234 e.